The molecular formula is C12H20O9P2. The molecule has 0 bridgehead atoms. The van der Waals surface area contributed by atoms with Crippen molar-refractivity contribution >= 4 is 27.2 Å². The largest absolute Gasteiger partial charge is 0.478 e. The van der Waals surface area contributed by atoms with Gasteiger partial charge in [-0.2, -0.15) is 0 Å². The Balaban J connectivity index is 0.000000433. The minimum atomic E-state index is -3.94. The van der Waals surface area contributed by atoms with Gasteiger partial charge >= 0.3 is 21.2 Å². The molecule has 0 spiro atoms. The van der Waals surface area contributed by atoms with Gasteiger partial charge < -0.3 is 29.1 Å². The van der Waals surface area contributed by atoms with Gasteiger partial charge in [-0.05, 0) is 25.0 Å². The SMILES string of the molecule is O=C(O)C=Cc1ccoc1.O=P(O)(O)CCCCCP(=O)(O)O. The molecule has 0 amide bonds. The first-order chi connectivity index (χ1) is 10.5. The lowest BCUT2D eigenvalue weighted by atomic mass is 10.3. The molecule has 0 aromatic carbocycles. The van der Waals surface area contributed by atoms with Gasteiger partial charge in [0, 0.05) is 24.0 Å². The van der Waals surface area contributed by atoms with Crippen LogP contribution >= 0.6 is 15.2 Å². The first kappa shape index (κ1) is 21.8. The summed E-state index contributed by atoms with van der Waals surface area (Å²) in [6.45, 7) is 0. The molecule has 1 rings (SSSR count). The molecule has 1 aromatic heterocycles. The Labute approximate surface area is 133 Å². The summed E-state index contributed by atoms with van der Waals surface area (Å²) in [6.07, 6.45) is 6.07. The second-order valence-corrected chi connectivity index (χ2v) is 8.12. The summed E-state index contributed by atoms with van der Waals surface area (Å²) in [5, 5.41) is 8.19. The van der Waals surface area contributed by atoms with Crippen molar-refractivity contribution in [2.45, 2.75) is 19.3 Å². The molecular weight excluding hydrogens is 350 g/mol. The normalized spacial score (nSPS) is 12.0. The number of carboxylic acids is 1. The molecule has 0 atom stereocenters. The van der Waals surface area contributed by atoms with E-state index in [9.17, 15) is 13.9 Å². The van der Waals surface area contributed by atoms with E-state index in [1.807, 2.05) is 0 Å². The first-order valence-corrected chi connectivity index (χ1v) is 10.1. The summed E-state index contributed by atoms with van der Waals surface area (Å²) in [4.78, 5) is 43.7. The van der Waals surface area contributed by atoms with Gasteiger partial charge in [0.2, 0.25) is 0 Å². The highest BCUT2D eigenvalue weighted by Crippen LogP contribution is 2.37. The number of hydrogen-bond donors (Lipinski definition) is 5. The fourth-order valence-electron chi connectivity index (χ4n) is 1.35. The summed E-state index contributed by atoms with van der Waals surface area (Å²) >= 11 is 0. The maximum absolute atomic E-state index is 10.3. The fourth-order valence-corrected chi connectivity index (χ4v) is 2.62. The van der Waals surface area contributed by atoms with Crippen LogP contribution in [0.15, 0.2) is 29.1 Å². The molecule has 11 heteroatoms. The van der Waals surface area contributed by atoms with Crippen molar-refractivity contribution in [2.24, 2.45) is 0 Å². The van der Waals surface area contributed by atoms with Gasteiger partial charge in [0.1, 0.15) is 0 Å². The van der Waals surface area contributed by atoms with Crippen LogP contribution in [0.5, 0.6) is 0 Å². The van der Waals surface area contributed by atoms with Crippen molar-refractivity contribution in [3.63, 3.8) is 0 Å². The second kappa shape index (κ2) is 10.5. The van der Waals surface area contributed by atoms with E-state index in [1.54, 1.807) is 6.07 Å². The van der Waals surface area contributed by atoms with E-state index in [2.05, 4.69) is 0 Å². The van der Waals surface area contributed by atoms with Gasteiger partial charge in [-0.3, -0.25) is 9.13 Å². The molecule has 23 heavy (non-hydrogen) atoms. The molecule has 132 valence electrons. The van der Waals surface area contributed by atoms with Gasteiger partial charge in [-0.15, -0.1) is 0 Å². The number of rotatable bonds is 8. The Morgan fingerprint density at radius 1 is 1.04 bits per heavy atom. The summed E-state index contributed by atoms with van der Waals surface area (Å²) in [6, 6.07) is 1.68. The Bertz CT molecular complexity index is 543. The zero-order valence-corrected chi connectivity index (χ0v) is 14.0. The Morgan fingerprint density at radius 2 is 1.57 bits per heavy atom. The van der Waals surface area contributed by atoms with Gasteiger partial charge in [0.15, 0.2) is 0 Å². The molecule has 0 saturated carbocycles. The summed E-state index contributed by atoms with van der Waals surface area (Å²) in [5.74, 6) is -0.957. The third-order valence-electron chi connectivity index (χ3n) is 2.36. The fraction of sp³-hybridized carbons (Fsp3) is 0.417. The topological polar surface area (TPSA) is 165 Å². The molecule has 0 unspecified atom stereocenters. The van der Waals surface area contributed by atoms with Crippen LogP contribution in [0.1, 0.15) is 24.8 Å². The van der Waals surface area contributed by atoms with E-state index in [4.69, 9.17) is 29.1 Å². The standard InChI is InChI=1S/C7H6O3.C5H14O6P2/c8-7(9)2-1-6-3-4-10-5-6;6-12(7,8)4-2-1-3-5-13(9,10)11/h1-5H,(H,8,9);1-5H2,(H2,6,7,8)(H2,9,10,11). The van der Waals surface area contributed by atoms with Crippen molar-refractivity contribution in [3.8, 4) is 0 Å². The van der Waals surface area contributed by atoms with Crippen molar-refractivity contribution in [1.82, 2.24) is 0 Å². The molecule has 1 heterocycles. The predicted molar refractivity (Wildman–Crippen MR) is 83.1 cm³/mol. The quantitative estimate of drug-likeness (QED) is 0.261. The van der Waals surface area contributed by atoms with Crippen LogP contribution in [0.4, 0.5) is 0 Å². The van der Waals surface area contributed by atoms with Gasteiger partial charge in [0.05, 0.1) is 12.5 Å². The van der Waals surface area contributed by atoms with Crippen LogP contribution in [0.25, 0.3) is 6.08 Å². The molecule has 0 aliphatic heterocycles. The van der Waals surface area contributed by atoms with E-state index >= 15 is 0 Å². The minimum absolute atomic E-state index is 0.214. The number of carboxylic acid groups (broad SMARTS) is 1. The van der Waals surface area contributed by atoms with E-state index in [0.717, 1.165) is 11.6 Å². The minimum Gasteiger partial charge on any atom is -0.478 e. The van der Waals surface area contributed by atoms with Gasteiger partial charge in [-0.1, -0.05) is 6.42 Å². The third-order valence-corrected chi connectivity index (χ3v) is 4.16. The van der Waals surface area contributed by atoms with Gasteiger partial charge in [-0.25, -0.2) is 4.79 Å². The second-order valence-electron chi connectivity index (χ2n) is 4.57. The highest BCUT2D eigenvalue weighted by atomic mass is 31.2. The molecule has 0 fully saturated rings. The highest BCUT2D eigenvalue weighted by molar-refractivity contribution is 7.52. The lowest BCUT2D eigenvalue weighted by molar-refractivity contribution is -0.131. The number of hydrogen-bond acceptors (Lipinski definition) is 4. The van der Waals surface area contributed by atoms with E-state index in [0.29, 0.717) is 19.3 Å². The molecule has 0 saturated heterocycles. The summed E-state index contributed by atoms with van der Waals surface area (Å²) in [7, 11) is -7.88. The van der Waals surface area contributed by atoms with E-state index in [1.165, 1.54) is 18.6 Å². The zero-order chi connectivity index (χ0) is 17.9. The lowest BCUT2D eigenvalue weighted by Gasteiger charge is -2.04. The van der Waals surface area contributed by atoms with Crippen molar-refractivity contribution < 1.29 is 43.0 Å². The maximum atomic E-state index is 10.3. The number of carbonyl (C=O) groups is 1. The van der Waals surface area contributed by atoms with Crippen molar-refractivity contribution in [3.05, 3.63) is 30.2 Å². The first-order valence-electron chi connectivity index (χ1n) is 6.52. The Hall–Kier alpha value is -1.21. The van der Waals surface area contributed by atoms with E-state index < -0.39 is 21.2 Å². The zero-order valence-electron chi connectivity index (χ0n) is 12.2. The predicted octanol–water partition coefficient (Wildman–Crippen LogP) is 1.89. The average molecular weight is 370 g/mol. The van der Waals surface area contributed by atoms with Crippen LogP contribution in [-0.2, 0) is 13.9 Å². The van der Waals surface area contributed by atoms with Crippen molar-refractivity contribution in [1.29, 1.82) is 0 Å². The summed E-state index contributed by atoms with van der Waals surface area (Å²) < 4.78 is 25.4. The van der Waals surface area contributed by atoms with Crippen LogP contribution in [-0.4, -0.2) is 43.0 Å². The monoisotopic (exact) mass is 370 g/mol. The maximum Gasteiger partial charge on any atom is 0.328 e. The summed E-state index contributed by atoms with van der Waals surface area (Å²) in [5.41, 5.74) is 0.752. The average Bonchev–Trinajstić information content (AvgIpc) is 2.87. The number of furan rings is 1. The van der Waals surface area contributed by atoms with Gasteiger partial charge in [0.25, 0.3) is 0 Å². The molecule has 0 aliphatic rings. The molecule has 9 nitrogen and oxygen atoms in total. The van der Waals surface area contributed by atoms with Crippen LogP contribution in [0, 0.1) is 0 Å². The highest BCUT2D eigenvalue weighted by Gasteiger charge is 2.14. The van der Waals surface area contributed by atoms with E-state index in [-0.39, 0.29) is 12.3 Å². The Morgan fingerprint density at radius 3 is 1.91 bits per heavy atom. The molecule has 0 aliphatic carbocycles. The van der Waals surface area contributed by atoms with Crippen LogP contribution in [0.3, 0.4) is 0 Å². The number of unbranched alkanes of at least 4 members (excludes halogenated alkanes) is 2. The van der Waals surface area contributed by atoms with Crippen molar-refractivity contribution in [2.75, 3.05) is 12.3 Å². The lowest BCUT2D eigenvalue weighted by Crippen LogP contribution is -1.91. The molecule has 5 N–H and O–H groups in total. The molecule has 0 radical (unpaired) electrons. The third kappa shape index (κ3) is 17.0. The van der Waals surface area contributed by atoms with Crippen LogP contribution in [0.2, 0.25) is 0 Å². The number of aliphatic carboxylic acids is 1. The molecule has 1 aromatic rings. The Kier molecular flexibility index (Phi) is 9.99. The smallest absolute Gasteiger partial charge is 0.328 e. The van der Waals surface area contributed by atoms with Crippen LogP contribution < -0.4 is 0 Å².